The third-order valence-corrected chi connectivity index (χ3v) is 14.6. The molecule has 292 valence electrons. The highest BCUT2D eigenvalue weighted by Crippen LogP contribution is 2.58. The van der Waals surface area contributed by atoms with E-state index in [2.05, 4.69) is 0 Å². The zero-order valence-electron chi connectivity index (χ0n) is 31.6. The van der Waals surface area contributed by atoms with Crippen molar-refractivity contribution < 1.29 is 37.6 Å². The van der Waals surface area contributed by atoms with Crippen molar-refractivity contribution in [2.24, 2.45) is 10.8 Å². The van der Waals surface area contributed by atoms with Crippen LogP contribution in [0.4, 0.5) is 0 Å². The molecule has 8 rings (SSSR count). The predicted octanol–water partition coefficient (Wildman–Crippen LogP) is 10.6. The van der Waals surface area contributed by atoms with Gasteiger partial charge < -0.3 is 28.1 Å². The second-order valence-corrected chi connectivity index (χ2v) is 19.4. The number of allylic oxidation sites excluding steroid dienone is 4. The number of rotatable bonds is 4. The number of carbonyl (C=O) groups excluding carboxylic acids is 2. The molecule has 2 aliphatic carbocycles. The largest absolute Gasteiger partial charge is 0.606 e. The number of hydrogen-bond acceptors (Lipinski definition) is 8. The van der Waals surface area contributed by atoms with Gasteiger partial charge in [0.25, 0.3) is 0 Å². The number of Topliss-reactive ketones (excluding diaryl/α,β-unsaturated/α-hetero) is 2. The minimum atomic E-state index is -1.68. The molecular formula is C42H36Cl4O8S2. The van der Waals surface area contributed by atoms with Crippen LogP contribution in [-0.2, 0) is 35.2 Å². The summed E-state index contributed by atoms with van der Waals surface area (Å²) in [7, 11) is 6.37. The Morgan fingerprint density at radius 3 is 1.18 bits per heavy atom. The third kappa shape index (κ3) is 6.32. The van der Waals surface area contributed by atoms with Crippen molar-refractivity contribution in [1.29, 1.82) is 0 Å². The summed E-state index contributed by atoms with van der Waals surface area (Å²) in [6.07, 6.45) is 1.27. The number of benzene rings is 4. The lowest BCUT2D eigenvalue weighted by atomic mass is 9.83. The Balaban J connectivity index is 0.000000172. The summed E-state index contributed by atoms with van der Waals surface area (Å²) in [5.41, 5.74) is 4.51. The first-order chi connectivity index (χ1) is 26.4. The molecule has 4 aliphatic rings. The van der Waals surface area contributed by atoms with Crippen molar-refractivity contribution in [2.75, 3.05) is 28.4 Å². The Hall–Kier alpha value is -3.32. The Kier molecular flexibility index (Phi) is 10.8. The molecule has 14 heteroatoms. The first kappa shape index (κ1) is 40.9. The number of halogens is 4. The first-order valence-electron chi connectivity index (χ1n) is 17.3. The summed E-state index contributed by atoms with van der Waals surface area (Å²) in [4.78, 5) is 27.9. The lowest BCUT2D eigenvalue weighted by Gasteiger charge is -2.22. The van der Waals surface area contributed by atoms with Crippen molar-refractivity contribution >= 4 is 91.5 Å². The van der Waals surface area contributed by atoms with E-state index in [1.54, 1.807) is 52.7 Å². The zero-order chi connectivity index (χ0) is 40.8. The average molecular weight is 875 g/mol. The van der Waals surface area contributed by atoms with E-state index in [0.717, 1.165) is 22.3 Å². The topological polar surface area (TPSA) is 117 Å². The molecule has 0 spiro atoms. The minimum Gasteiger partial charge on any atom is -0.606 e. The summed E-state index contributed by atoms with van der Waals surface area (Å²) in [6.45, 7) is 8.10. The van der Waals surface area contributed by atoms with E-state index in [1.165, 1.54) is 12.1 Å². The van der Waals surface area contributed by atoms with Gasteiger partial charge in [0.1, 0.15) is 34.1 Å². The highest BCUT2D eigenvalue weighted by molar-refractivity contribution is 7.97. The van der Waals surface area contributed by atoms with E-state index in [9.17, 15) is 18.7 Å². The molecule has 0 saturated carbocycles. The molecule has 0 saturated heterocycles. The molecule has 4 aromatic carbocycles. The molecule has 2 aliphatic heterocycles. The van der Waals surface area contributed by atoms with Gasteiger partial charge in [-0.05, 0) is 60.1 Å². The predicted molar refractivity (Wildman–Crippen MR) is 222 cm³/mol. The van der Waals surface area contributed by atoms with Gasteiger partial charge in [-0.15, -0.1) is 0 Å². The molecule has 0 aromatic heterocycles. The van der Waals surface area contributed by atoms with E-state index in [-0.39, 0.29) is 42.5 Å². The monoisotopic (exact) mass is 872 g/mol. The Morgan fingerprint density at radius 1 is 0.536 bits per heavy atom. The number of ether oxygens (including phenoxy) is 4. The molecule has 0 unspecified atom stereocenters. The summed E-state index contributed by atoms with van der Waals surface area (Å²) in [5.74, 6) is 2.03. The van der Waals surface area contributed by atoms with Crippen molar-refractivity contribution in [1.82, 2.24) is 0 Å². The maximum absolute atomic E-state index is 13.4. The SMILES string of the molecule is COc1ccc(OC)c2c1CC(C)(C)/C2=C1/C(=O)c2c(Cl)cc(Cl)cc2[S@+]1[O-].COc1ccc(OC)c2c1CC(C)(C)/C2=C1/C(=O)c2c(Cl)cc(Cl)cc2[S@+]1[O-]. The number of ketones is 2. The van der Waals surface area contributed by atoms with Crippen LogP contribution in [0.2, 0.25) is 20.1 Å². The summed E-state index contributed by atoms with van der Waals surface area (Å²) >= 11 is 21.4. The smallest absolute Gasteiger partial charge is 0.247 e. The van der Waals surface area contributed by atoms with Crippen molar-refractivity contribution in [3.05, 3.63) is 112 Å². The standard InChI is InChI=1S/2C21H18Cl2O4S/c2*1-21(2)9-11-13(26-3)5-6-14(27-4)16(11)18(21)20-19(24)17-12(23)7-10(22)8-15(17)28(20)25/h2*5-8H,9H2,1-4H3/b2*20-18-/t2*28-/m00/s1. The van der Waals surface area contributed by atoms with Crippen molar-refractivity contribution in [2.45, 2.75) is 50.3 Å². The van der Waals surface area contributed by atoms with Crippen LogP contribution in [0.25, 0.3) is 11.1 Å². The molecule has 4 aromatic rings. The van der Waals surface area contributed by atoms with E-state index in [1.807, 2.05) is 39.8 Å². The number of fused-ring (bicyclic) bond motifs is 4. The lowest BCUT2D eigenvalue weighted by Crippen LogP contribution is -2.16. The Labute approximate surface area is 351 Å². The van der Waals surface area contributed by atoms with Gasteiger partial charge >= 0.3 is 0 Å². The third-order valence-electron chi connectivity index (χ3n) is 10.6. The van der Waals surface area contributed by atoms with Gasteiger partial charge in [0.05, 0.1) is 38.5 Å². The van der Waals surface area contributed by atoms with Crippen molar-refractivity contribution in [3.63, 3.8) is 0 Å². The fourth-order valence-corrected chi connectivity index (χ4v) is 13.0. The van der Waals surface area contributed by atoms with Gasteiger partial charge in [-0.2, -0.15) is 0 Å². The normalized spacial score (nSPS) is 22.2. The second-order valence-electron chi connectivity index (χ2n) is 14.9. The maximum Gasteiger partial charge on any atom is 0.247 e. The van der Waals surface area contributed by atoms with Crippen LogP contribution in [0, 0.1) is 10.8 Å². The van der Waals surface area contributed by atoms with Crippen LogP contribution in [0.3, 0.4) is 0 Å². The molecule has 2 atom stereocenters. The van der Waals surface area contributed by atoms with Gasteiger partial charge in [0.15, 0.2) is 9.79 Å². The highest BCUT2D eigenvalue weighted by atomic mass is 35.5. The van der Waals surface area contributed by atoms with E-state index in [4.69, 9.17) is 65.4 Å². The first-order valence-corrected chi connectivity index (χ1v) is 21.1. The van der Waals surface area contributed by atoms with Gasteiger partial charge in [-0.1, -0.05) is 74.1 Å². The minimum absolute atomic E-state index is 0.213. The fourth-order valence-electron chi connectivity index (χ4n) is 8.28. The highest BCUT2D eigenvalue weighted by Gasteiger charge is 2.52. The van der Waals surface area contributed by atoms with Gasteiger partial charge in [-0.25, -0.2) is 0 Å². The molecule has 0 amide bonds. The average Bonchev–Trinajstić information content (AvgIpc) is 3.75. The van der Waals surface area contributed by atoms with Gasteiger partial charge in [0, 0.05) is 77.9 Å². The fraction of sp³-hybridized carbons (Fsp3) is 0.286. The summed E-state index contributed by atoms with van der Waals surface area (Å²) in [6, 6.07) is 13.4. The molecular weight excluding hydrogens is 838 g/mol. The zero-order valence-corrected chi connectivity index (χ0v) is 36.3. The summed E-state index contributed by atoms with van der Waals surface area (Å²) < 4.78 is 49.0. The van der Waals surface area contributed by atoms with E-state index >= 15 is 0 Å². The molecule has 56 heavy (non-hydrogen) atoms. The molecule has 8 nitrogen and oxygen atoms in total. The van der Waals surface area contributed by atoms with Crippen LogP contribution >= 0.6 is 46.4 Å². The second kappa shape index (κ2) is 14.8. The van der Waals surface area contributed by atoms with Gasteiger partial charge in [-0.3, -0.25) is 9.59 Å². The van der Waals surface area contributed by atoms with Crippen LogP contribution < -0.4 is 18.9 Å². The maximum atomic E-state index is 13.4. The Bertz CT molecular complexity index is 2290. The number of carbonyl (C=O) groups is 2. The van der Waals surface area contributed by atoms with Crippen molar-refractivity contribution in [3.8, 4) is 23.0 Å². The van der Waals surface area contributed by atoms with Gasteiger partial charge in [0.2, 0.25) is 21.4 Å². The van der Waals surface area contributed by atoms with Crippen LogP contribution in [0.5, 0.6) is 23.0 Å². The molecule has 0 radical (unpaired) electrons. The molecule has 0 N–H and O–H groups in total. The lowest BCUT2D eigenvalue weighted by molar-refractivity contribution is 0.103. The molecule has 0 fully saturated rings. The number of hydrogen-bond donors (Lipinski definition) is 0. The summed E-state index contributed by atoms with van der Waals surface area (Å²) in [5, 5.41) is 1.12. The molecule has 0 bridgehead atoms. The van der Waals surface area contributed by atoms with Crippen LogP contribution in [-0.4, -0.2) is 49.1 Å². The van der Waals surface area contributed by atoms with E-state index < -0.39 is 33.2 Å². The molecule has 2 heterocycles. The van der Waals surface area contributed by atoms with E-state index in [0.29, 0.717) is 66.8 Å². The Morgan fingerprint density at radius 2 is 0.857 bits per heavy atom. The quantitative estimate of drug-likeness (QED) is 0.147. The van der Waals surface area contributed by atoms with Crippen LogP contribution in [0.15, 0.2) is 68.1 Å². The van der Waals surface area contributed by atoms with Crippen LogP contribution in [0.1, 0.15) is 70.7 Å². The number of methoxy groups -OCH3 is 4.